The third-order valence-electron chi connectivity index (χ3n) is 3.99. The summed E-state index contributed by atoms with van der Waals surface area (Å²) < 4.78 is 11.4. The lowest BCUT2D eigenvalue weighted by molar-refractivity contribution is -0.118. The number of hydrogen-bond donors (Lipinski definition) is 1. The lowest BCUT2D eigenvalue weighted by atomic mass is 10.1. The average Bonchev–Trinajstić information content (AvgIpc) is 2.67. The highest BCUT2D eigenvalue weighted by Gasteiger charge is 2.08. The van der Waals surface area contributed by atoms with Gasteiger partial charge in [0.25, 0.3) is 5.91 Å². The second-order valence-corrected chi connectivity index (χ2v) is 6.20. The largest absolute Gasteiger partial charge is 0.487 e. The molecule has 0 aliphatic heterocycles. The van der Waals surface area contributed by atoms with Crippen molar-refractivity contribution < 1.29 is 14.3 Å². The highest BCUT2D eigenvalue weighted by molar-refractivity contribution is 5.92. The van der Waals surface area contributed by atoms with Crippen LogP contribution in [0.4, 0.5) is 5.69 Å². The quantitative estimate of drug-likeness (QED) is 0.681. The van der Waals surface area contributed by atoms with Crippen LogP contribution in [-0.2, 0) is 11.4 Å². The van der Waals surface area contributed by atoms with Crippen molar-refractivity contribution in [3.63, 3.8) is 0 Å². The number of carbonyl (C=O) groups is 1. The number of carbonyl (C=O) groups excluding carboxylic acids is 1. The van der Waals surface area contributed by atoms with Gasteiger partial charge in [-0.15, -0.1) is 0 Å². The lowest BCUT2D eigenvalue weighted by Gasteiger charge is -2.12. The first-order valence-electron chi connectivity index (χ1n) is 8.73. The van der Waals surface area contributed by atoms with Crippen molar-refractivity contribution in [1.82, 2.24) is 4.98 Å². The molecule has 0 saturated carbocycles. The van der Waals surface area contributed by atoms with Crippen molar-refractivity contribution in [3.05, 3.63) is 83.7 Å². The van der Waals surface area contributed by atoms with Gasteiger partial charge in [-0.05, 0) is 49.2 Å². The number of aryl methyl sites for hydroxylation is 2. The molecule has 0 atom stereocenters. The number of ether oxygens (including phenoxy) is 2. The van der Waals surface area contributed by atoms with E-state index < -0.39 is 0 Å². The second-order valence-electron chi connectivity index (χ2n) is 6.20. The Hall–Kier alpha value is -3.34. The molecular weight excluding hydrogens is 340 g/mol. The number of nitrogens with one attached hydrogen (secondary N) is 1. The summed E-state index contributed by atoms with van der Waals surface area (Å²) in [4.78, 5) is 16.4. The van der Waals surface area contributed by atoms with Crippen LogP contribution in [0.15, 0.2) is 66.9 Å². The zero-order chi connectivity index (χ0) is 19.1. The van der Waals surface area contributed by atoms with E-state index in [1.54, 1.807) is 12.3 Å². The van der Waals surface area contributed by atoms with Crippen molar-refractivity contribution in [2.45, 2.75) is 20.5 Å². The van der Waals surface area contributed by atoms with Gasteiger partial charge in [0.05, 0.1) is 5.69 Å². The average molecular weight is 362 g/mol. The molecule has 5 nitrogen and oxygen atoms in total. The van der Waals surface area contributed by atoms with E-state index in [2.05, 4.69) is 10.3 Å². The molecule has 3 aromatic rings. The van der Waals surface area contributed by atoms with Gasteiger partial charge in [0.1, 0.15) is 18.1 Å². The molecule has 27 heavy (non-hydrogen) atoms. The Kier molecular flexibility index (Phi) is 6.05. The third kappa shape index (κ3) is 5.31. The predicted octanol–water partition coefficient (Wildman–Crippen LogP) is 4.29. The summed E-state index contributed by atoms with van der Waals surface area (Å²) >= 11 is 0. The molecule has 1 aromatic heterocycles. The zero-order valence-corrected chi connectivity index (χ0v) is 15.4. The van der Waals surface area contributed by atoms with E-state index >= 15 is 0 Å². The standard InChI is InChI=1S/C22H22N2O3/c1-16-7-5-8-17(2)22(16)27-15-21(25)24-18-10-6-11-20(13-18)26-14-19-9-3-4-12-23-19/h3-13H,14-15H2,1-2H3,(H,24,25). The van der Waals surface area contributed by atoms with Crippen molar-refractivity contribution in [1.29, 1.82) is 0 Å². The maximum atomic E-state index is 12.2. The van der Waals surface area contributed by atoms with Crippen molar-refractivity contribution in [3.8, 4) is 11.5 Å². The van der Waals surface area contributed by atoms with E-state index in [9.17, 15) is 4.79 Å². The van der Waals surface area contributed by atoms with Crippen LogP contribution < -0.4 is 14.8 Å². The first-order valence-corrected chi connectivity index (χ1v) is 8.73. The number of amides is 1. The fourth-order valence-electron chi connectivity index (χ4n) is 2.67. The van der Waals surface area contributed by atoms with Gasteiger partial charge in [-0.1, -0.05) is 30.3 Å². The highest BCUT2D eigenvalue weighted by Crippen LogP contribution is 2.22. The highest BCUT2D eigenvalue weighted by atomic mass is 16.5. The Morgan fingerprint density at radius 1 is 0.963 bits per heavy atom. The fourth-order valence-corrected chi connectivity index (χ4v) is 2.67. The van der Waals surface area contributed by atoms with Crippen LogP contribution in [0.25, 0.3) is 0 Å². The van der Waals surface area contributed by atoms with E-state index in [-0.39, 0.29) is 12.5 Å². The molecule has 0 radical (unpaired) electrons. The molecule has 0 aliphatic carbocycles. The van der Waals surface area contributed by atoms with Crippen LogP contribution in [-0.4, -0.2) is 17.5 Å². The number of anilines is 1. The van der Waals surface area contributed by atoms with Gasteiger partial charge in [-0.25, -0.2) is 0 Å². The van der Waals surface area contributed by atoms with E-state index in [1.165, 1.54) is 0 Å². The van der Waals surface area contributed by atoms with Gasteiger partial charge >= 0.3 is 0 Å². The van der Waals surface area contributed by atoms with E-state index in [0.717, 1.165) is 22.6 Å². The maximum absolute atomic E-state index is 12.2. The number of nitrogens with zero attached hydrogens (tertiary/aromatic N) is 1. The summed E-state index contributed by atoms with van der Waals surface area (Å²) in [6, 6.07) is 18.8. The van der Waals surface area contributed by atoms with Crippen LogP contribution in [0.2, 0.25) is 0 Å². The zero-order valence-electron chi connectivity index (χ0n) is 15.4. The molecule has 5 heteroatoms. The summed E-state index contributed by atoms with van der Waals surface area (Å²) in [7, 11) is 0. The first-order chi connectivity index (χ1) is 13.1. The van der Waals surface area contributed by atoms with Gasteiger partial charge in [-0.3, -0.25) is 9.78 Å². The molecular formula is C22H22N2O3. The van der Waals surface area contributed by atoms with Crippen LogP contribution >= 0.6 is 0 Å². The van der Waals surface area contributed by atoms with Crippen molar-refractivity contribution >= 4 is 11.6 Å². The number of rotatable bonds is 7. The van der Waals surface area contributed by atoms with Crippen LogP contribution in [0.1, 0.15) is 16.8 Å². The van der Waals surface area contributed by atoms with Gasteiger partial charge in [0.2, 0.25) is 0 Å². The monoisotopic (exact) mass is 362 g/mol. The number of pyridine rings is 1. The topological polar surface area (TPSA) is 60.5 Å². The lowest BCUT2D eigenvalue weighted by Crippen LogP contribution is -2.20. The van der Waals surface area contributed by atoms with Crippen molar-refractivity contribution in [2.75, 3.05) is 11.9 Å². The Bertz CT molecular complexity index is 890. The molecule has 0 saturated heterocycles. The minimum absolute atomic E-state index is 0.0509. The van der Waals surface area contributed by atoms with E-state index in [0.29, 0.717) is 18.0 Å². The number of hydrogen-bond acceptors (Lipinski definition) is 4. The smallest absolute Gasteiger partial charge is 0.262 e. The molecule has 0 fully saturated rings. The van der Waals surface area contributed by atoms with Gasteiger partial charge < -0.3 is 14.8 Å². The summed E-state index contributed by atoms with van der Waals surface area (Å²) in [6.45, 7) is 4.24. The molecule has 3 rings (SSSR count). The van der Waals surface area contributed by atoms with Gasteiger partial charge in [0, 0.05) is 18.0 Å². The normalized spacial score (nSPS) is 10.3. The van der Waals surface area contributed by atoms with Gasteiger partial charge in [0.15, 0.2) is 6.61 Å². The minimum atomic E-state index is -0.223. The maximum Gasteiger partial charge on any atom is 0.262 e. The Labute approximate surface area is 159 Å². The molecule has 0 spiro atoms. The molecule has 2 aromatic carbocycles. The van der Waals surface area contributed by atoms with Crippen LogP contribution in [0, 0.1) is 13.8 Å². The summed E-state index contributed by atoms with van der Waals surface area (Å²) in [5.41, 5.74) is 3.51. The molecule has 0 aliphatic rings. The molecule has 1 heterocycles. The SMILES string of the molecule is Cc1cccc(C)c1OCC(=O)Nc1cccc(OCc2ccccn2)c1. The fraction of sp³-hybridized carbons (Fsp3) is 0.182. The molecule has 0 unspecified atom stereocenters. The Balaban J connectivity index is 1.55. The van der Waals surface area contributed by atoms with Crippen molar-refractivity contribution in [2.24, 2.45) is 0 Å². The Morgan fingerprint density at radius 2 is 1.74 bits per heavy atom. The number of aromatic nitrogens is 1. The number of para-hydroxylation sites is 1. The predicted molar refractivity (Wildman–Crippen MR) is 105 cm³/mol. The third-order valence-corrected chi connectivity index (χ3v) is 3.99. The van der Waals surface area contributed by atoms with Gasteiger partial charge in [-0.2, -0.15) is 0 Å². The first kappa shape index (κ1) is 18.5. The summed E-state index contributed by atoms with van der Waals surface area (Å²) in [6.07, 6.45) is 1.73. The summed E-state index contributed by atoms with van der Waals surface area (Å²) in [5.74, 6) is 1.19. The van der Waals surface area contributed by atoms with Crippen LogP contribution in [0.5, 0.6) is 11.5 Å². The Morgan fingerprint density at radius 3 is 2.48 bits per heavy atom. The van der Waals surface area contributed by atoms with E-state index in [1.807, 2.05) is 68.4 Å². The molecule has 0 bridgehead atoms. The van der Waals surface area contributed by atoms with E-state index in [4.69, 9.17) is 9.47 Å². The summed E-state index contributed by atoms with van der Waals surface area (Å²) in [5, 5.41) is 2.83. The second kappa shape index (κ2) is 8.85. The minimum Gasteiger partial charge on any atom is -0.487 e. The molecule has 1 N–H and O–H groups in total. The number of benzene rings is 2. The molecule has 1 amide bonds. The molecule has 138 valence electrons. The van der Waals surface area contributed by atoms with Crippen LogP contribution in [0.3, 0.4) is 0 Å².